The Morgan fingerprint density at radius 2 is 2.43 bits per heavy atom. The summed E-state index contributed by atoms with van der Waals surface area (Å²) in [6, 6.07) is 5.62. The Labute approximate surface area is 82.4 Å². The molecule has 1 aliphatic rings. The molecule has 0 aliphatic carbocycles. The maximum absolute atomic E-state index is 8.87. The van der Waals surface area contributed by atoms with E-state index in [1.165, 1.54) is 0 Å². The molecule has 0 radical (unpaired) electrons. The van der Waals surface area contributed by atoms with E-state index >= 15 is 0 Å². The van der Waals surface area contributed by atoms with Gasteiger partial charge in [-0.15, -0.1) is 0 Å². The van der Waals surface area contributed by atoms with Crippen LogP contribution in [0.3, 0.4) is 0 Å². The predicted octanol–water partition coefficient (Wildman–Crippen LogP) is 0.382. The average molecular weight is 189 g/mol. The van der Waals surface area contributed by atoms with E-state index in [1.54, 1.807) is 18.3 Å². The van der Waals surface area contributed by atoms with Crippen molar-refractivity contribution in [2.24, 2.45) is 5.92 Å². The highest BCUT2D eigenvalue weighted by molar-refractivity contribution is 5.54. The zero-order chi connectivity index (χ0) is 9.97. The lowest BCUT2D eigenvalue weighted by Crippen LogP contribution is -2.49. The Hall–Kier alpha value is -1.60. The van der Waals surface area contributed by atoms with Gasteiger partial charge in [0, 0.05) is 31.8 Å². The normalized spacial score (nSPS) is 16.1. The van der Waals surface area contributed by atoms with Gasteiger partial charge in [-0.3, -0.25) is 0 Å². The third kappa shape index (κ3) is 1.42. The van der Waals surface area contributed by atoms with Crippen LogP contribution in [0.4, 0.5) is 5.82 Å². The smallest absolute Gasteiger partial charge is 0.146 e. The molecule has 0 unspecified atom stereocenters. The summed E-state index contributed by atoms with van der Waals surface area (Å²) < 4.78 is 0. The highest BCUT2D eigenvalue weighted by atomic mass is 16.3. The molecule has 4 nitrogen and oxygen atoms in total. The third-order valence-electron chi connectivity index (χ3n) is 2.42. The first-order valence-corrected chi connectivity index (χ1v) is 4.56. The van der Waals surface area contributed by atoms with Crippen molar-refractivity contribution in [3.8, 4) is 6.07 Å². The SMILES string of the molecule is N#Cc1cccnc1N1CC(CO)C1. The van der Waals surface area contributed by atoms with E-state index in [2.05, 4.69) is 11.1 Å². The van der Waals surface area contributed by atoms with Gasteiger partial charge in [-0.1, -0.05) is 0 Å². The van der Waals surface area contributed by atoms with Crippen LogP contribution in [0.1, 0.15) is 5.56 Å². The maximum atomic E-state index is 8.87. The summed E-state index contributed by atoms with van der Waals surface area (Å²) in [6.07, 6.45) is 1.68. The van der Waals surface area contributed by atoms with Crippen LogP contribution in [-0.4, -0.2) is 29.8 Å². The molecule has 0 bridgehead atoms. The number of nitriles is 1. The van der Waals surface area contributed by atoms with Crippen LogP contribution in [0.25, 0.3) is 0 Å². The minimum Gasteiger partial charge on any atom is -0.396 e. The van der Waals surface area contributed by atoms with Gasteiger partial charge in [-0.2, -0.15) is 5.26 Å². The summed E-state index contributed by atoms with van der Waals surface area (Å²) in [5.74, 6) is 1.07. The van der Waals surface area contributed by atoms with E-state index in [4.69, 9.17) is 10.4 Å². The second kappa shape index (κ2) is 3.64. The number of aromatic nitrogens is 1. The molecule has 0 atom stereocenters. The van der Waals surface area contributed by atoms with Crippen molar-refractivity contribution in [1.82, 2.24) is 4.98 Å². The molecule has 2 rings (SSSR count). The number of aliphatic hydroxyl groups excluding tert-OH is 1. The van der Waals surface area contributed by atoms with Crippen LogP contribution < -0.4 is 4.90 Å². The zero-order valence-corrected chi connectivity index (χ0v) is 7.72. The van der Waals surface area contributed by atoms with Gasteiger partial charge in [0.05, 0.1) is 5.56 Å². The third-order valence-corrected chi connectivity index (χ3v) is 2.42. The van der Waals surface area contributed by atoms with Crippen molar-refractivity contribution in [3.05, 3.63) is 23.9 Å². The molecule has 1 aromatic heterocycles. The van der Waals surface area contributed by atoms with Gasteiger partial charge in [-0.25, -0.2) is 4.98 Å². The highest BCUT2D eigenvalue weighted by Crippen LogP contribution is 2.24. The number of anilines is 1. The summed E-state index contributed by atoms with van der Waals surface area (Å²) in [7, 11) is 0. The van der Waals surface area contributed by atoms with Gasteiger partial charge < -0.3 is 10.0 Å². The first-order valence-electron chi connectivity index (χ1n) is 4.56. The molecule has 14 heavy (non-hydrogen) atoms. The van der Waals surface area contributed by atoms with Gasteiger partial charge in [-0.05, 0) is 12.1 Å². The molecule has 72 valence electrons. The molecule has 1 saturated heterocycles. The molecule has 0 aromatic carbocycles. The molecule has 1 aliphatic heterocycles. The first kappa shape index (κ1) is 8.97. The molecular weight excluding hydrogens is 178 g/mol. The summed E-state index contributed by atoms with van der Waals surface area (Å²) in [5, 5.41) is 17.7. The minimum atomic E-state index is 0.214. The highest BCUT2D eigenvalue weighted by Gasteiger charge is 2.28. The second-order valence-electron chi connectivity index (χ2n) is 3.44. The van der Waals surface area contributed by atoms with E-state index in [-0.39, 0.29) is 6.61 Å². The fraction of sp³-hybridized carbons (Fsp3) is 0.400. The van der Waals surface area contributed by atoms with Crippen molar-refractivity contribution in [1.29, 1.82) is 5.26 Å². The topological polar surface area (TPSA) is 60.2 Å². The van der Waals surface area contributed by atoms with E-state index in [1.807, 2.05) is 4.90 Å². The van der Waals surface area contributed by atoms with Crippen LogP contribution >= 0.6 is 0 Å². The lowest BCUT2D eigenvalue weighted by molar-refractivity contribution is 0.200. The van der Waals surface area contributed by atoms with Crippen LogP contribution in [0.5, 0.6) is 0 Å². The van der Waals surface area contributed by atoms with Gasteiger partial charge in [0.2, 0.25) is 0 Å². The van der Waals surface area contributed by atoms with Crippen molar-refractivity contribution >= 4 is 5.82 Å². The van der Waals surface area contributed by atoms with E-state index in [9.17, 15) is 0 Å². The first-order chi connectivity index (χ1) is 6.85. The molecular formula is C10H11N3O. The number of rotatable bonds is 2. The lowest BCUT2D eigenvalue weighted by atomic mass is 10.0. The fourth-order valence-corrected chi connectivity index (χ4v) is 1.59. The van der Waals surface area contributed by atoms with Crippen molar-refractivity contribution in [3.63, 3.8) is 0 Å². The van der Waals surface area contributed by atoms with Crippen molar-refractivity contribution in [2.75, 3.05) is 24.6 Å². The van der Waals surface area contributed by atoms with Gasteiger partial charge in [0.25, 0.3) is 0 Å². The van der Waals surface area contributed by atoms with E-state index in [0.29, 0.717) is 11.5 Å². The molecule has 0 spiro atoms. The summed E-state index contributed by atoms with van der Waals surface area (Å²) in [4.78, 5) is 6.18. The quantitative estimate of drug-likeness (QED) is 0.730. The molecule has 1 aromatic rings. The van der Waals surface area contributed by atoms with Crippen LogP contribution in [0.2, 0.25) is 0 Å². The standard InChI is InChI=1S/C10H11N3O/c11-4-9-2-1-3-12-10(9)13-5-8(6-13)7-14/h1-3,8,14H,5-7H2. The fourth-order valence-electron chi connectivity index (χ4n) is 1.59. The molecule has 4 heteroatoms. The molecule has 1 N–H and O–H groups in total. The van der Waals surface area contributed by atoms with Gasteiger partial charge in [0.15, 0.2) is 0 Å². The number of hydrogen-bond donors (Lipinski definition) is 1. The Kier molecular flexibility index (Phi) is 2.33. The summed E-state index contributed by atoms with van der Waals surface area (Å²) in [6.45, 7) is 1.80. The van der Waals surface area contributed by atoms with Gasteiger partial charge in [0.1, 0.15) is 11.9 Å². The maximum Gasteiger partial charge on any atom is 0.146 e. The molecule has 2 heterocycles. The van der Waals surface area contributed by atoms with E-state index in [0.717, 1.165) is 18.9 Å². The number of pyridine rings is 1. The largest absolute Gasteiger partial charge is 0.396 e. The monoisotopic (exact) mass is 189 g/mol. The summed E-state index contributed by atoms with van der Waals surface area (Å²) in [5.41, 5.74) is 0.601. The lowest BCUT2D eigenvalue weighted by Gasteiger charge is -2.39. The van der Waals surface area contributed by atoms with Crippen LogP contribution in [0.15, 0.2) is 18.3 Å². The number of nitrogens with zero attached hydrogens (tertiary/aromatic N) is 3. The number of hydrogen-bond acceptors (Lipinski definition) is 4. The zero-order valence-electron chi connectivity index (χ0n) is 7.72. The average Bonchev–Trinajstić information content (AvgIpc) is 2.17. The van der Waals surface area contributed by atoms with Crippen molar-refractivity contribution < 1.29 is 5.11 Å². The minimum absolute atomic E-state index is 0.214. The molecule has 0 saturated carbocycles. The van der Waals surface area contributed by atoms with Gasteiger partial charge >= 0.3 is 0 Å². The molecule has 0 amide bonds. The Bertz CT molecular complexity index is 366. The summed E-state index contributed by atoms with van der Waals surface area (Å²) >= 11 is 0. The Balaban J connectivity index is 2.15. The molecule has 1 fully saturated rings. The van der Waals surface area contributed by atoms with Crippen molar-refractivity contribution in [2.45, 2.75) is 0 Å². The van der Waals surface area contributed by atoms with Crippen LogP contribution in [0, 0.1) is 17.2 Å². The van der Waals surface area contributed by atoms with Crippen LogP contribution in [-0.2, 0) is 0 Å². The second-order valence-corrected chi connectivity index (χ2v) is 3.44. The number of aliphatic hydroxyl groups is 1. The van der Waals surface area contributed by atoms with E-state index < -0.39 is 0 Å². The predicted molar refractivity (Wildman–Crippen MR) is 51.7 cm³/mol. The Morgan fingerprint density at radius 3 is 3.07 bits per heavy atom. The Morgan fingerprint density at radius 1 is 1.64 bits per heavy atom.